The van der Waals surface area contributed by atoms with Gasteiger partial charge in [0.05, 0.1) is 5.92 Å². The number of rotatable bonds is 5. The Labute approximate surface area is 174 Å². The molecule has 1 N–H and O–H groups in total. The maximum Gasteiger partial charge on any atom is 0.311 e. The first-order valence-corrected chi connectivity index (χ1v) is 9.82. The summed E-state index contributed by atoms with van der Waals surface area (Å²) in [7, 11) is 0. The maximum absolute atomic E-state index is 12.4. The van der Waals surface area contributed by atoms with Crippen molar-refractivity contribution in [2.75, 3.05) is 23.4 Å². The van der Waals surface area contributed by atoms with E-state index in [-0.39, 0.29) is 18.9 Å². The number of nitrogens with one attached hydrogen (secondary N) is 1. The van der Waals surface area contributed by atoms with E-state index in [2.05, 4.69) is 5.32 Å². The molecule has 6 nitrogen and oxygen atoms in total. The van der Waals surface area contributed by atoms with Crippen LogP contribution in [0.15, 0.2) is 66.7 Å². The van der Waals surface area contributed by atoms with Gasteiger partial charge in [-0.05, 0) is 36.1 Å². The Morgan fingerprint density at radius 1 is 1.07 bits per heavy atom. The molecule has 30 heavy (non-hydrogen) atoms. The average Bonchev–Trinajstić information content (AvgIpc) is 3.14. The van der Waals surface area contributed by atoms with Gasteiger partial charge in [0.25, 0.3) is 5.91 Å². The van der Waals surface area contributed by atoms with Crippen molar-refractivity contribution < 1.29 is 19.1 Å². The van der Waals surface area contributed by atoms with Crippen molar-refractivity contribution in [1.82, 2.24) is 0 Å². The van der Waals surface area contributed by atoms with Gasteiger partial charge in [-0.25, -0.2) is 0 Å². The summed E-state index contributed by atoms with van der Waals surface area (Å²) in [5.74, 6) is -1.66. The number of nitrogens with zero attached hydrogens (tertiary/aromatic N) is 1. The fourth-order valence-corrected chi connectivity index (χ4v) is 3.69. The van der Waals surface area contributed by atoms with Crippen LogP contribution in [0.3, 0.4) is 0 Å². The molecule has 0 saturated carbocycles. The molecule has 1 saturated heterocycles. The number of carbonyl (C=O) groups is 3. The fraction of sp³-hybridized carbons (Fsp3) is 0.208. The van der Waals surface area contributed by atoms with E-state index in [0.29, 0.717) is 5.69 Å². The van der Waals surface area contributed by atoms with Gasteiger partial charge in [0.1, 0.15) is 0 Å². The average molecular weight is 402 g/mol. The summed E-state index contributed by atoms with van der Waals surface area (Å²) >= 11 is 0. The first kappa shape index (κ1) is 19.6. The number of aryl methyl sites for hydroxylation is 1. The number of benzene rings is 3. The van der Waals surface area contributed by atoms with Gasteiger partial charge in [0.2, 0.25) is 5.91 Å². The summed E-state index contributed by atoms with van der Waals surface area (Å²) in [6.07, 6.45) is 0.0811. The highest BCUT2D eigenvalue weighted by molar-refractivity contribution is 6.03. The van der Waals surface area contributed by atoms with Crippen LogP contribution >= 0.6 is 0 Å². The van der Waals surface area contributed by atoms with Crippen molar-refractivity contribution in [3.05, 3.63) is 72.3 Å². The van der Waals surface area contributed by atoms with Crippen LogP contribution < -0.4 is 10.2 Å². The standard InChI is InChI=1S/C24H22N2O4/c1-16-6-4-9-19(12-16)26-14-18(13-23(26)28)24(29)30-15-22(27)25-21-11-5-8-17-7-2-3-10-20(17)21/h2-12,18H,13-15H2,1H3,(H,25,27)/t18-/m1/s1. The minimum absolute atomic E-state index is 0.0811. The minimum Gasteiger partial charge on any atom is -0.455 e. The van der Waals surface area contributed by atoms with Gasteiger partial charge in [0.15, 0.2) is 6.61 Å². The number of carbonyl (C=O) groups excluding carboxylic acids is 3. The van der Waals surface area contributed by atoms with Crippen molar-refractivity contribution in [3.63, 3.8) is 0 Å². The Hall–Kier alpha value is -3.67. The van der Waals surface area contributed by atoms with Crippen molar-refractivity contribution in [3.8, 4) is 0 Å². The van der Waals surface area contributed by atoms with Crippen LogP contribution in [0.5, 0.6) is 0 Å². The Morgan fingerprint density at radius 2 is 1.83 bits per heavy atom. The van der Waals surface area contributed by atoms with Crippen molar-refractivity contribution in [2.45, 2.75) is 13.3 Å². The van der Waals surface area contributed by atoms with Crippen molar-refractivity contribution >= 4 is 39.9 Å². The summed E-state index contributed by atoms with van der Waals surface area (Å²) in [6, 6.07) is 20.9. The number of anilines is 2. The van der Waals surface area contributed by atoms with Crippen molar-refractivity contribution in [1.29, 1.82) is 0 Å². The fourth-order valence-electron chi connectivity index (χ4n) is 3.69. The lowest BCUT2D eigenvalue weighted by atomic mass is 10.1. The van der Waals surface area contributed by atoms with E-state index < -0.39 is 24.4 Å². The van der Waals surface area contributed by atoms with Crippen LogP contribution in [0.1, 0.15) is 12.0 Å². The summed E-state index contributed by atoms with van der Waals surface area (Å²) in [5, 5.41) is 4.71. The van der Waals surface area contributed by atoms with Crippen LogP contribution in [0.25, 0.3) is 10.8 Å². The third kappa shape index (κ3) is 4.17. The van der Waals surface area contributed by atoms with E-state index in [1.165, 1.54) is 0 Å². The Kier molecular flexibility index (Phi) is 5.48. The SMILES string of the molecule is Cc1cccc(N2C[C@H](C(=O)OCC(=O)Nc3cccc4ccccc34)CC2=O)c1. The predicted molar refractivity (Wildman–Crippen MR) is 115 cm³/mol. The molecule has 1 heterocycles. The highest BCUT2D eigenvalue weighted by atomic mass is 16.5. The zero-order chi connectivity index (χ0) is 21.1. The van der Waals surface area contributed by atoms with E-state index in [1.54, 1.807) is 11.0 Å². The molecule has 1 aliphatic heterocycles. The van der Waals surface area contributed by atoms with Crippen LogP contribution in [0.2, 0.25) is 0 Å². The largest absolute Gasteiger partial charge is 0.455 e. The Morgan fingerprint density at radius 3 is 2.67 bits per heavy atom. The molecule has 1 atom stereocenters. The van der Waals surface area contributed by atoms with E-state index in [4.69, 9.17) is 4.74 Å². The van der Waals surface area contributed by atoms with E-state index in [1.807, 2.05) is 67.6 Å². The number of ether oxygens (including phenoxy) is 1. The second kappa shape index (κ2) is 8.37. The molecule has 0 unspecified atom stereocenters. The van der Waals surface area contributed by atoms with Crippen molar-refractivity contribution in [2.24, 2.45) is 5.92 Å². The lowest BCUT2D eigenvalue weighted by Crippen LogP contribution is -2.28. The lowest BCUT2D eigenvalue weighted by Gasteiger charge is -2.17. The first-order chi connectivity index (χ1) is 14.5. The normalized spacial score (nSPS) is 16.0. The van der Waals surface area contributed by atoms with E-state index in [9.17, 15) is 14.4 Å². The zero-order valence-corrected chi connectivity index (χ0v) is 16.6. The molecule has 0 spiro atoms. The number of fused-ring (bicyclic) bond motifs is 1. The second-order valence-electron chi connectivity index (χ2n) is 7.43. The van der Waals surface area contributed by atoms with Crippen LogP contribution in [-0.4, -0.2) is 30.9 Å². The smallest absolute Gasteiger partial charge is 0.311 e. The molecule has 0 bridgehead atoms. The van der Waals surface area contributed by atoms with Gasteiger partial charge in [-0.2, -0.15) is 0 Å². The zero-order valence-electron chi connectivity index (χ0n) is 16.6. The van der Waals surface area contributed by atoms with Gasteiger partial charge in [-0.15, -0.1) is 0 Å². The molecule has 4 rings (SSSR count). The summed E-state index contributed by atoms with van der Waals surface area (Å²) < 4.78 is 5.20. The number of esters is 1. The molecule has 0 aromatic heterocycles. The molecule has 0 radical (unpaired) electrons. The minimum atomic E-state index is -0.580. The molecule has 6 heteroatoms. The molecule has 152 valence electrons. The van der Waals surface area contributed by atoms with Crippen LogP contribution in [-0.2, 0) is 19.1 Å². The highest BCUT2D eigenvalue weighted by Gasteiger charge is 2.36. The Balaban J connectivity index is 1.34. The molecule has 3 aromatic carbocycles. The maximum atomic E-state index is 12.4. The molecule has 1 fully saturated rings. The predicted octanol–water partition coefficient (Wildman–Crippen LogP) is 3.68. The molecule has 1 aliphatic rings. The van der Waals surface area contributed by atoms with Crippen LogP contribution in [0.4, 0.5) is 11.4 Å². The summed E-state index contributed by atoms with van der Waals surface area (Å²) in [6.45, 7) is 1.81. The monoisotopic (exact) mass is 402 g/mol. The topological polar surface area (TPSA) is 75.7 Å². The Bertz CT molecular complexity index is 1120. The van der Waals surface area contributed by atoms with E-state index in [0.717, 1.165) is 22.0 Å². The third-order valence-corrected chi connectivity index (χ3v) is 5.18. The molecule has 2 amide bonds. The quantitative estimate of drug-likeness (QED) is 0.661. The summed E-state index contributed by atoms with van der Waals surface area (Å²) in [4.78, 5) is 38.7. The molecular weight excluding hydrogens is 380 g/mol. The van der Waals surface area contributed by atoms with Gasteiger partial charge >= 0.3 is 5.97 Å². The highest BCUT2D eigenvalue weighted by Crippen LogP contribution is 2.27. The molecular formula is C24H22N2O4. The number of hydrogen-bond acceptors (Lipinski definition) is 4. The van der Waals surface area contributed by atoms with Gasteiger partial charge in [0, 0.05) is 29.7 Å². The second-order valence-corrected chi connectivity index (χ2v) is 7.43. The number of hydrogen-bond donors (Lipinski definition) is 1. The number of amides is 2. The third-order valence-electron chi connectivity index (χ3n) is 5.18. The van der Waals surface area contributed by atoms with Gasteiger partial charge in [-0.1, -0.05) is 48.5 Å². The molecule has 3 aromatic rings. The van der Waals surface area contributed by atoms with Gasteiger partial charge < -0.3 is 15.0 Å². The van der Waals surface area contributed by atoms with Gasteiger partial charge in [-0.3, -0.25) is 14.4 Å². The van der Waals surface area contributed by atoms with Crippen LogP contribution in [0, 0.1) is 12.8 Å². The van der Waals surface area contributed by atoms with E-state index >= 15 is 0 Å². The molecule has 0 aliphatic carbocycles. The first-order valence-electron chi connectivity index (χ1n) is 9.82. The summed E-state index contributed by atoms with van der Waals surface area (Å²) in [5.41, 5.74) is 2.47. The lowest BCUT2D eigenvalue weighted by molar-refractivity contribution is -0.151.